The summed E-state index contributed by atoms with van der Waals surface area (Å²) < 4.78 is 1.98. The largest absolute Gasteiger partial charge is 0.308 e. The second-order valence-electron chi connectivity index (χ2n) is 6.91. The quantitative estimate of drug-likeness (QED) is 0.924. The summed E-state index contributed by atoms with van der Waals surface area (Å²) >= 11 is 0. The van der Waals surface area contributed by atoms with Gasteiger partial charge in [-0.15, -0.1) is 0 Å². The second kappa shape index (κ2) is 5.21. The van der Waals surface area contributed by atoms with Crippen LogP contribution in [0.2, 0.25) is 0 Å². The molecule has 1 N–H and O–H groups in total. The van der Waals surface area contributed by atoms with Crippen molar-refractivity contribution in [3.63, 3.8) is 0 Å². The molecule has 3 nitrogen and oxygen atoms in total. The Morgan fingerprint density at radius 1 is 1.25 bits per heavy atom. The SMILES string of the molecule is Cn1nc(CNC2CCC(C)(C)CC2)c2ccccc21. The van der Waals surface area contributed by atoms with Crippen LogP contribution in [0.25, 0.3) is 10.9 Å². The Hall–Kier alpha value is -1.35. The van der Waals surface area contributed by atoms with Crippen molar-refractivity contribution < 1.29 is 0 Å². The Balaban J connectivity index is 1.66. The smallest absolute Gasteiger partial charge is 0.0841 e. The van der Waals surface area contributed by atoms with Gasteiger partial charge in [-0.1, -0.05) is 32.0 Å². The Bertz CT molecular complexity index is 587. The van der Waals surface area contributed by atoms with E-state index in [2.05, 4.69) is 48.5 Å². The topological polar surface area (TPSA) is 29.9 Å². The molecule has 1 aliphatic rings. The van der Waals surface area contributed by atoms with E-state index in [-0.39, 0.29) is 0 Å². The Labute approximate surface area is 121 Å². The van der Waals surface area contributed by atoms with E-state index in [1.54, 1.807) is 0 Å². The van der Waals surface area contributed by atoms with Crippen molar-refractivity contribution in [3.8, 4) is 0 Å². The molecule has 0 unspecified atom stereocenters. The molecule has 0 saturated heterocycles. The third-order valence-electron chi connectivity index (χ3n) is 4.73. The van der Waals surface area contributed by atoms with Gasteiger partial charge in [-0.2, -0.15) is 5.10 Å². The zero-order chi connectivity index (χ0) is 14.2. The van der Waals surface area contributed by atoms with E-state index < -0.39 is 0 Å². The molecule has 1 aliphatic carbocycles. The first-order valence-electron chi connectivity index (χ1n) is 7.69. The first-order valence-corrected chi connectivity index (χ1v) is 7.69. The maximum Gasteiger partial charge on any atom is 0.0841 e. The number of fused-ring (bicyclic) bond motifs is 1. The summed E-state index contributed by atoms with van der Waals surface area (Å²) in [5.41, 5.74) is 2.93. The normalized spacial score (nSPS) is 19.6. The van der Waals surface area contributed by atoms with Crippen molar-refractivity contribution >= 4 is 10.9 Å². The lowest BCUT2D eigenvalue weighted by molar-refractivity contribution is 0.206. The van der Waals surface area contributed by atoms with Gasteiger partial charge < -0.3 is 5.32 Å². The lowest BCUT2D eigenvalue weighted by Gasteiger charge is -2.34. The zero-order valence-corrected chi connectivity index (χ0v) is 12.8. The second-order valence-corrected chi connectivity index (χ2v) is 6.91. The van der Waals surface area contributed by atoms with Gasteiger partial charge in [-0.25, -0.2) is 0 Å². The minimum absolute atomic E-state index is 0.538. The highest BCUT2D eigenvalue weighted by Crippen LogP contribution is 2.35. The van der Waals surface area contributed by atoms with E-state index in [1.807, 2.05) is 11.7 Å². The molecule has 108 valence electrons. The lowest BCUT2D eigenvalue weighted by Crippen LogP contribution is -2.35. The van der Waals surface area contributed by atoms with Crippen molar-refractivity contribution in [1.29, 1.82) is 0 Å². The molecular weight excluding hydrogens is 246 g/mol. The molecule has 3 rings (SSSR count). The van der Waals surface area contributed by atoms with Crippen molar-refractivity contribution in [2.75, 3.05) is 0 Å². The van der Waals surface area contributed by atoms with Gasteiger partial charge in [0.1, 0.15) is 0 Å². The monoisotopic (exact) mass is 271 g/mol. The van der Waals surface area contributed by atoms with Gasteiger partial charge in [0, 0.05) is 25.0 Å². The molecule has 0 spiro atoms. The molecule has 3 heteroatoms. The molecular formula is C17H25N3. The minimum Gasteiger partial charge on any atom is -0.308 e. The van der Waals surface area contributed by atoms with Gasteiger partial charge in [-0.05, 0) is 37.2 Å². The molecule has 0 radical (unpaired) electrons. The van der Waals surface area contributed by atoms with Gasteiger partial charge >= 0.3 is 0 Å². The number of nitrogens with zero attached hydrogens (tertiary/aromatic N) is 2. The van der Waals surface area contributed by atoms with Crippen LogP contribution in [0.4, 0.5) is 0 Å². The van der Waals surface area contributed by atoms with Crippen LogP contribution in [-0.4, -0.2) is 15.8 Å². The van der Waals surface area contributed by atoms with E-state index in [0.717, 1.165) is 6.54 Å². The summed E-state index contributed by atoms with van der Waals surface area (Å²) in [5, 5.41) is 9.64. The van der Waals surface area contributed by atoms with Crippen molar-refractivity contribution in [3.05, 3.63) is 30.0 Å². The van der Waals surface area contributed by atoms with Crippen LogP contribution in [0.15, 0.2) is 24.3 Å². The molecule has 1 saturated carbocycles. The van der Waals surface area contributed by atoms with Crippen LogP contribution < -0.4 is 5.32 Å². The standard InChI is InChI=1S/C17H25N3/c1-17(2)10-8-13(9-11-17)18-12-15-14-6-4-5-7-16(14)20(3)19-15/h4-7,13,18H,8-12H2,1-3H3. The van der Waals surface area contributed by atoms with Gasteiger partial charge in [0.25, 0.3) is 0 Å². The highest BCUT2D eigenvalue weighted by molar-refractivity contribution is 5.81. The molecule has 20 heavy (non-hydrogen) atoms. The summed E-state index contributed by atoms with van der Waals surface area (Å²) in [7, 11) is 2.02. The zero-order valence-electron chi connectivity index (χ0n) is 12.8. The average molecular weight is 271 g/mol. The molecule has 0 aliphatic heterocycles. The maximum absolute atomic E-state index is 4.66. The maximum atomic E-state index is 4.66. The molecule has 1 heterocycles. The number of aryl methyl sites for hydroxylation is 1. The van der Waals surface area contributed by atoms with Crippen LogP contribution in [0.3, 0.4) is 0 Å². The number of hydrogen-bond acceptors (Lipinski definition) is 2. The number of benzene rings is 1. The van der Waals surface area contributed by atoms with E-state index >= 15 is 0 Å². The molecule has 0 amide bonds. The van der Waals surface area contributed by atoms with E-state index in [4.69, 9.17) is 0 Å². The van der Waals surface area contributed by atoms with Gasteiger partial charge in [0.05, 0.1) is 11.2 Å². The summed E-state index contributed by atoms with van der Waals surface area (Å²) in [6, 6.07) is 9.13. The van der Waals surface area contributed by atoms with E-state index in [1.165, 1.54) is 42.3 Å². The molecule has 0 atom stereocenters. The van der Waals surface area contributed by atoms with Crippen LogP contribution in [0.5, 0.6) is 0 Å². The third-order valence-corrected chi connectivity index (χ3v) is 4.73. The average Bonchev–Trinajstić information content (AvgIpc) is 2.75. The van der Waals surface area contributed by atoms with Crippen molar-refractivity contribution in [2.24, 2.45) is 12.5 Å². The van der Waals surface area contributed by atoms with Crippen LogP contribution in [0.1, 0.15) is 45.2 Å². The van der Waals surface area contributed by atoms with Gasteiger partial charge in [0.15, 0.2) is 0 Å². The van der Waals surface area contributed by atoms with Crippen LogP contribution >= 0.6 is 0 Å². The molecule has 2 aromatic rings. The molecule has 1 aromatic heterocycles. The molecule has 1 fully saturated rings. The third kappa shape index (κ3) is 2.73. The van der Waals surface area contributed by atoms with Crippen LogP contribution in [0, 0.1) is 5.41 Å². The number of nitrogens with one attached hydrogen (secondary N) is 1. The first kappa shape index (κ1) is 13.6. The van der Waals surface area contributed by atoms with Crippen molar-refractivity contribution in [2.45, 2.75) is 52.1 Å². The lowest BCUT2D eigenvalue weighted by atomic mass is 9.75. The van der Waals surface area contributed by atoms with E-state index in [9.17, 15) is 0 Å². The summed E-state index contributed by atoms with van der Waals surface area (Å²) in [6.07, 6.45) is 5.23. The summed E-state index contributed by atoms with van der Waals surface area (Å²) in [4.78, 5) is 0. The fraction of sp³-hybridized carbons (Fsp3) is 0.588. The minimum atomic E-state index is 0.538. The van der Waals surface area contributed by atoms with Gasteiger partial charge in [-0.3, -0.25) is 4.68 Å². The summed E-state index contributed by atoms with van der Waals surface area (Å²) in [5.74, 6) is 0. The van der Waals surface area contributed by atoms with Crippen LogP contribution in [-0.2, 0) is 13.6 Å². The molecule has 1 aromatic carbocycles. The first-order chi connectivity index (χ1) is 9.55. The predicted octanol–water partition coefficient (Wildman–Crippen LogP) is 3.63. The fourth-order valence-electron chi connectivity index (χ4n) is 3.26. The molecule has 0 bridgehead atoms. The summed E-state index contributed by atoms with van der Waals surface area (Å²) in [6.45, 7) is 5.65. The van der Waals surface area contributed by atoms with Crippen molar-refractivity contribution in [1.82, 2.24) is 15.1 Å². The predicted molar refractivity (Wildman–Crippen MR) is 83.6 cm³/mol. The Kier molecular flexibility index (Phi) is 3.55. The number of rotatable bonds is 3. The number of hydrogen-bond donors (Lipinski definition) is 1. The van der Waals surface area contributed by atoms with Gasteiger partial charge in [0.2, 0.25) is 0 Å². The van der Waals surface area contributed by atoms with E-state index in [0.29, 0.717) is 11.5 Å². The number of para-hydroxylation sites is 1. The highest BCUT2D eigenvalue weighted by atomic mass is 15.3. The Morgan fingerprint density at radius 3 is 2.70 bits per heavy atom. The fourth-order valence-corrected chi connectivity index (χ4v) is 3.26. The highest BCUT2D eigenvalue weighted by Gasteiger charge is 2.26. The Morgan fingerprint density at radius 2 is 1.95 bits per heavy atom. The number of aromatic nitrogens is 2.